The Morgan fingerprint density at radius 3 is 2.17 bits per heavy atom. The van der Waals surface area contributed by atoms with Crippen molar-refractivity contribution in [2.75, 3.05) is 6.54 Å². The minimum atomic E-state index is -4.77. The van der Waals surface area contributed by atoms with Crippen LogP contribution in [0.15, 0.2) is 83.5 Å². The van der Waals surface area contributed by atoms with E-state index in [1.807, 2.05) is 0 Å². The second kappa shape index (κ2) is 18.3. The third-order valence-corrected chi connectivity index (χ3v) is 8.20. The van der Waals surface area contributed by atoms with Crippen LogP contribution in [0.1, 0.15) is 47.3 Å². The molecule has 276 valence electrons. The summed E-state index contributed by atoms with van der Waals surface area (Å²) in [5, 5.41) is 12.8. The highest BCUT2D eigenvalue weighted by molar-refractivity contribution is 5.99. The van der Waals surface area contributed by atoms with Crippen LogP contribution in [0.4, 0.5) is 13.2 Å². The first-order valence-corrected chi connectivity index (χ1v) is 16.5. The number of rotatable bonds is 5. The van der Waals surface area contributed by atoms with Gasteiger partial charge in [0.2, 0.25) is 35.4 Å². The van der Waals surface area contributed by atoms with Gasteiger partial charge in [-0.05, 0) is 54.2 Å². The number of carbonyl (C=O) groups excluding carboxylic acids is 6. The molecule has 4 rings (SSSR count). The quantitative estimate of drug-likeness (QED) is 0.230. The zero-order valence-corrected chi connectivity index (χ0v) is 28.0. The summed E-state index contributed by atoms with van der Waals surface area (Å²) in [5.41, 5.74) is 5.30. The fraction of sp³-hybridized carbons (Fsp3) is 0.333. The first-order valence-electron chi connectivity index (χ1n) is 16.5. The number of benzene rings is 2. The van der Waals surface area contributed by atoms with E-state index in [0.717, 1.165) is 18.2 Å². The Labute approximate surface area is 296 Å². The maximum atomic E-state index is 13.9. The molecule has 0 spiro atoms. The molecule has 0 fully saturated rings. The second-order valence-corrected chi connectivity index (χ2v) is 12.1. The van der Waals surface area contributed by atoms with Crippen LogP contribution in [0, 0.1) is 0 Å². The fourth-order valence-corrected chi connectivity index (χ4v) is 5.54. The summed E-state index contributed by atoms with van der Waals surface area (Å²) in [6, 6.07) is 10.5. The minimum absolute atomic E-state index is 0.0863. The molecule has 3 aromatic rings. The lowest BCUT2D eigenvalue weighted by Gasteiger charge is -2.24. The number of primary amides is 1. The van der Waals surface area contributed by atoms with E-state index in [0.29, 0.717) is 29.7 Å². The van der Waals surface area contributed by atoms with Crippen LogP contribution in [0.3, 0.4) is 0 Å². The lowest BCUT2D eigenvalue weighted by atomic mass is 9.98. The van der Waals surface area contributed by atoms with Crippen molar-refractivity contribution < 1.29 is 46.4 Å². The molecule has 1 aliphatic heterocycles. The molecule has 0 bridgehead atoms. The van der Waals surface area contributed by atoms with Gasteiger partial charge in [0.25, 0.3) is 0 Å². The molecule has 0 saturated heterocycles. The van der Waals surface area contributed by atoms with Gasteiger partial charge in [-0.25, -0.2) is 0 Å². The molecule has 3 atom stereocenters. The van der Waals surface area contributed by atoms with Crippen molar-refractivity contribution in [1.29, 1.82) is 0 Å². The molecule has 7 N–H and O–H groups in total. The van der Waals surface area contributed by atoms with E-state index in [9.17, 15) is 41.9 Å². The number of nitrogens with two attached hydrogens (primary N) is 1. The Morgan fingerprint density at radius 2 is 1.46 bits per heavy atom. The van der Waals surface area contributed by atoms with Crippen LogP contribution in [0.5, 0.6) is 0 Å². The molecule has 0 aliphatic carbocycles. The van der Waals surface area contributed by atoms with Crippen LogP contribution in [0.25, 0.3) is 0 Å². The smallest absolute Gasteiger partial charge is 0.416 e. The highest BCUT2D eigenvalue weighted by Gasteiger charge is 2.35. The molecule has 1 aromatic heterocycles. The number of nitrogens with one attached hydrogen (secondary N) is 5. The van der Waals surface area contributed by atoms with Gasteiger partial charge < -0.3 is 36.7 Å². The van der Waals surface area contributed by atoms with E-state index in [4.69, 9.17) is 10.2 Å². The third-order valence-electron chi connectivity index (χ3n) is 8.20. The molecular formula is C36H39F3N6O7. The van der Waals surface area contributed by atoms with Crippen LogP contribution in [-0.4, -0.2) is 60.1 Å². The predicted molar refractivity (Wildman–Crippen MR) is 181 cm³/mol. The Balaban J connectivity index is 1.65. The van der Waals surface area contributed by atoms with Gasteiger partial charge in [-0.15, -0.1) is 0 Å². The topological polar surface area (TPSA) is 202 Å². The van der Waals surface area contributed by atoms with Gasteiger partial charge in [0.1, 0.15) is 23.9 Å². The summed E-state index contributed by atoms with van der Waals surface area (Å²) in [6.07, 6.45) is -1.62. The van der Waals surface area contributed by atoms with E-state index < -0.39 is 71.7 Å². The highest BCUT2D eigenvalue weighted by Crippen LogP contribution is 2.32. The molecule has 0 saturated carbocycles. The van der Waals surface area contributed by atoms with E-state index in [-0.39, 0.29) is 37.9 Å². The van der Waals surface area contributed by atoms with Crippen molar-refractivity contribution in [2.24, 2.45) is 5.73 Å². The zero-order chi connectivity index (χ0) is 37.7. The first kappa shape index (κ1) is 38.9. The summed E-state index contributed by atoms with van der Waals surface area (Å²) >= 11 is 0. The number of halogens is 3. The van der Waals surface area contributed by atoms with Crippen molar-refractivity contribution in [1.82, 2.24) is 26.6 Å². The maximum Gasteiger partial charge on any atom is 0.416 e. The average Bonchev–Trinajstić information content (AvgIpc) is 3.61. The molecule has 52 heavy (non-hydrogen) atoms. The molecule has 13 nitrogen and oxygen atoms in total. The molecule has 16 heteroatoms. The number of hydrogen-bond acceptors (Lipinski definition) is 7. The van der Waals surface area contributed by atoms with Gasteiger partial charge in [-0.3, -0.25) is 28.8 Å². The van der Waals surface area contributed by atoms with E-state index in [1.165, 1.54) is 24.5 Å². The Morgan fingerprint density at radius 1 is 0.769 bits per heavy atom. The van der Waals surface area contributed by atoms with Crippen LogP contribution < -0.4 is 32.3 Å². The largest absolute Gasteiger partial charge is 0.469 e. The molecule has 2 heterocycles. The molecule has 1 aliphatic rings. The number of hydrogen-bond donors (Lipinski definition) is 6. The Bertz CT molecular complexity index is 1780. The van der Waals surface area contributed by atoms with Crippen molar-refractivity contribution in [3.05, 3.63) is 107 Å². The number of furan rings is 1. The van der Waals surface area contributed by atoms with Crippen LogP contribution in [0.2, 0.25) is 0 Å². The summed E-state index contributed by atoms with van der Waals surface area (Å²) in [5.74, 6) is -4.23. The predicted octanol–water partition coefficient (Wildman–Crippen LogP) is 1.74. The highest BCUT2D eigenvalue weighted by atomic mass is 19.4. The standard InChI is InChI=1S/C36H39F3N6O7/c37-36(38,39)26-12-4-3-9-23(26)18-28-35(51)45-29(20-25-11-7-17-52-25)34(50)42-21-24-10-2-1-8-22(24)19-32(48)43-27(33(40)49)13-5-6-16-41-30(46)14-15-31(47)44-28/h1-4,7-12,14-15,17,27-29H,5-6,13,16,18-21H2,(H2,40,49)(H,41,46)(H,42,50)(H,43,48)(H,44,47)(H,45,51)/b15-14+/t27-,28+,29-/m0/s1. The SMILES string of the molecule is NC(=O)[C@@H]1CCCCNC(=O)/C=C/C(=O)N[C@H](Cc2ccccc2C(F)(F)F)C(=O)N[C@@H](Cc2ccco2)C(=O)NCc2ccccc2CC(=O)N1. The van der Waals surface area contributed by atoms with Gasteiger partial charge >= 0.3 is 6.18 Å². The van der Waals surface area contributed by atoms with E-state index in [2.05, 4.69) is 26.6 Å². The summed E-state index contributed by atoms with van der Waals surface area (Å²) in [7, 11) is 0. The van der Waals surface area contributed by atoms with Gasteiger partial charge in [0.05, 0.1) is 18.2 Å². The van der Waals surface area contributed by atoms with E-state index in [1.54, 1.807) is 36.4 Å². The Hall–Kier alpha value is -5.93. The Kier molecular flexibility index (Phi) is 13.7. The summed E-state index contributed by atoms with van der Waals surface area (Å²) < 4.78 is 47.0. The van der Waals surface area contributed by atoms with Gasteiger partial charge in [-0.1, -0.05) is 42.5 Å². The molecule has 6 amide bonds. The summed E-state index contributed by atoms with van der Waals surface area (Å²) in [4.78, 5) is 77.7. The first-order chi connectivity index (χ1) is 24.8. The molecule has 2 aromatic carbocycles. The van der Waals surface area contributed by atoms with Crippen LogP contribution >= 0.6 is 0 Å². The normalized spacial score (nSPS) is 21.0. The second-order valence-electron chi connectivity index (χ2n) is 12.1. The maximum absolute atomic E-state index is 13.9. The number of amides is 6. The molecular weight excluding hydrogens is 685 g/mol. The molecule has 0 unspecified atom stereocenters. The number of alkyl halides is 3. The minimum Gasteiger partial charge on any atom is -0.469 e. The van der Waals surface area contributed by atoms with Crippen molar-refractivity contribution in [3.63, 3.8) is 0 Å². The molecule has 0 radical (unpaired) electrons. The average molecular weight is 725 g/mol. The number of carbonyl (C=O) groups is 6. The monoisotopic (exact) mass is 724 g/mol. The van der Waals surface area contributed by atoms with Gasteiger partial charge in [-0.2, -0.15) is 13.2 Å². The fourth-order valence-electron chi connectivity index (χ4n) is 5.54. The third kappa shape index (κ3) is 11.8. The van der Waals surface area contributed by atoms with Gasteiger partial charge in [0, 0.05) is 38.1 Å². The zero-order valence-electron chi connectivity index (χ0n) is 28.0. The van der Waals surface area contributed by atoms with E-state index >= 15 is 0 Å². The number of fused-ring (bicyclic) bond motifs is 1. The summed E-state index contributed by atoms with van der Waals surface area (Å²) in [6.45, 7) is 0.0615. The van der Waals surface area contributed by atoms with Gasteiger partial charge in [0.15, 0.2) is 0 Å². The van der Waals surface area contributed by atoms with Crippen LogP contribution in [-0.2, 0) is 60.8 Å². The lowest BCUT2D eigenvalue weighted by molar-refractivity contribution is -0.138. The van der Waals surface area contributed by atoms with Crippen molar-refractivity contribution >= 4 is 35.4 Å². The van der Waals surface area contributed by atoms with Crippen molar-refractivity contribution in [2.45, 2.75) is 69.4 Å². The van der Waals surface area contributed by atoms with Crippen molar-refractivity contribution in [3.8, 4) is 0 Å². The lowest BCUT2D eigenvalue weighted by Crippen LogP contribution is -2.55.